The summed E-state index contributed by atoms with van der Waals surface area (Å²) in [4.78, 5) is 45.0. The summed E-state index contributed by atoms with van der Waals surface area (Å²) in [6.07, 6.45) is -6.55. The highest BCUT2D eigenvalue weighted by Gasteiger charge is 2.52. The van der Waals surface area contributed by atoms with Crippen LogP contribution in [0.25, 0.3) is 0 Å². The summed E-state index contributed by atoms with van der Waals surface area (Å²) in [7, 11) is 0. The number of non-ortho nitro benzene ring substituents is 1. The molecular weight excluding hydrogens is 406 g/mol. The first kappa shape index (κ1) is 23.0. The molecule has 1 N–H and O–H groups in total. The number of nitro groups is 1. The smallest absolute Gasteiger partial charge is 0.303 e. The number of aliphatic hydroxyl groups excluding tert-OH is 1. The summed E-state index contributed by atoms with van der Waals surface area (Å²) < 4.78 is 26.8. The Bertz CT molecular complexity index is 794. The Balaban J connectivity index is 2.38. The maximum absolute atomic E-state index is 11.6. The highest BCUT2D eigenvalue weighted by Crippen LogP contribution is 2.31. The Morgan fingerprint density at radius 1 is 0.967 bits per heavy atom. The van der Waals surface area contributed by atoms with Gasteiger partial charge in [0.05, 0.1) is 11.5 Å². The molecule has 0 radical (unpaired) electrons. The van der Waals surface area contributed by atoms with Crippen LogP contribution in [0.5, 0.6) is 5.75 Å². The topological polar surface area (TPSA) is 161 Å². The van der Waals surface area contributed by atoms with Crippen LogP contribution in [0, 0.1) is 10.1 Å². The van der Waals surface area contributed by atoms with Crippen molar-refractivity contribution < 1.29 is 48.1 Å². The van der Waals surface area contributed by atoms with Crippen LogP contribution in [0.2, 0.25) is 0 Å². The average Bonchev–Trinajstić information content (AvgIpc) is 2.65. The van der Waals surface area contributed by atoms with Crippen molar-refractivity contribution in [3.8, 4) is 5.75 Å². The Labute approximate surface area is 170 Å². The number of esters is 3. The van der Waals surface area contributed by atoms with Gasteiger partial charge in [-0.2, -0.15) is 0 Å². The number of hydrogen-bond donors (Lipinski definition) is 1. The quantitative estimate of drug-likeness (QED) is 0.279. The monoisotopic (exact) mass is 427 g/mol. The Kier molecular flexibility index (Phi) is 7.66. The molecular formula is C18H21NO11. The van der Waals surface area contributed by atoms with Gasteiger partial charge in [0.1, 0.15) is 11.9 Å². The molecule has 1 aliphatic heterocycles. The van der Waals surface area contributed by atoms with Crippen LogP contribution in [0.15, 0.2) is 24.3 Å². The molecule has 0 aromatic heterocycles. The van der Waals surface area contributed by atoms with E-state index in [9.17, 15) is 29.6 Å². The van der Waals surface area contributed by atoms with Crippen molar-refractivity contribution >= 4 is 23.6 Å². The molecule has 164 valence electrons. The van der Waals surface area contributed by atoms with Crippen LogP contribution in [-0.4, -0.2) is 65.3 Å². The fourth-order valence-electron chi connectivity index (χ4n) is 2.88. The minimum atomic E-state index is -1.39. The summed E-state index contributed by atoms with van der Waals surface area (Å²) in [5.41, 5.74) is -0.176. The molecule has 12 nitrogen and oxygen atoms in total. The van der Waals surface area contributed by atoms with E-state index >= 15 is 0 Å². The number of rotatable bonds is 7. The molecule has 1 fully saturated rings. The van der Waals surface area contributed by atoms with Gasteiger partial charge in [-0.1, -0.05) is 0 Å². The minimum Gasteiger partial charge on any atom is -0.461 e. The maximum Gasteiger partial charge on any atom is 0.303 e. The lowest BCUT2D eigenvalue weighted by Crippen LogP contribution is -2.63. The van der Waals surface area contributed by atoms with E-state index in [1.165, 1.54) is 24.3 Å². The molecule has 1 aromatic carbocycles. The number of nitro benzene ring substituents is 1. The van der Waals surface area contributed by atoms with Gasteiger partial charge in [-0.15, -0.1) is 0 Å². The first-order chi connectivity index (χ1) is 14.1. The Morgan fingerprint density at radius 3 is 1.93 bits per heavy atom. The zero-order valence-electron chi connectivity index (χ0n) is 16.4. The van der Waals surface area contributed by atoms with Crippen molar-refractivity contribution in [1.82, 2.24) is 0 Å². The molecule has 12 heteroatoms. The van der Waals surface area contributed by atoms with Gasteiger partial charge in [-0.3, -0.25) is 24.5 Å². The van der Waals surface area contributed by atoms with Crippen LogP contribution >= 0.6 is 0 Å². The van der Waals surface area contributed by atoms with E-state index in [-0.39, 0.29) is 11.4 Å². The van der Waals surface area contributed by atoms with E-state index in [1.54, 1.807) is 0 Å². The third kappa shape index (κ3) is 5.87. The standard InChI is InChI=1S/C18H21NO11/c1-9(21)26-15-14(8-20)30-18(17(28-11(3)23)16(15)27-10(2)22)29-13-6-4-12(5-7-13)19(24)25/h4-7,14-18,20H,8H2,1-3H3/t14?,15-,16-,17?,18+/m1/s1. The SMILES string of the molecule is CC(=O)OC1[C@@H](Oc2ccc([N+](=O)[O-])cc2)OC(CO)[C@@H](OC(C)=O)[C@H]1OC(C)=O. The first-order valence-corrected chi connectivity index (χ1v) is 8.81. The lowest BCUT2D eigenvalue weighted by atomic mass is 9.98. The van der Waals surface area contributed by atoms with Crippen molar-refractivity contribution in [1.29, 1.82) is 0 Å². The molecule has 1 saturated heterocycles. The zero-order valence-corrected chi connectivity index (χ0v) is 16.4. The number of aliphatic hydroxyl groups is 1. The van der Waals surface area contributed by atoms with Crippen molar-refractivity contribution in [2.24, 2.45) is 0 Å². The molecule has 0 aliphatic carbocycles. The van der Waals surface area contributed by atoms with Crippen LogP contribution in [0.1, 0.15) is 20.8 Å². The van der Waals surface area contributed by atoms with Crippen LogP contribution in [0.4, 0.5) is 5.69 Å². The van der Waals surface area contributed by atoms with Gasteiger partial charge in [0.25, 0.3) is 5.69 Å². The van der Waals surface area contributed by atoms with Crippen molar-refractivity contribution in [2.45, 2.75) is 51.5 Å². The second-order valence-electron chi connectivity index (χ2n) is 6.32. The van der Waals surface area contributed by atoms with Gasteiger partial charge in [0.2, 0.25) is 12.4 Å². The van der Waals surface area contributed by atoms with Crippen molar-refractivity contribution in [3.05, 3.63) is 34.4 Å². The number of carbonyl (C=O) groups excluding carboxylic acids is 3. The van der Waals surface area contributed by atoms with Gasteiger partial charge in [0, 0.05) is 32.9 Å². The van der Waals surface area contributed by atoms with Crippen LogP contribution in [-0.2, 0) is 33.3 Å². The fraction of sp³-hybridized carbons (Fsp3) is 0.500. The Hall–Kier alpha value is -3.25. The Morgan fingerprint density at radius 2 is 1.47 bits per heavy atom. The second kappa shape index (κ2) is 9.98. The summed E-state index contributed by atoms with van der Waals surface area (Å²) in [6, 6.07) is 4.96. The average molecular weight is 427 g/mol. The maximum atomic E-state index is 11.6. The molecule has 0 saturated carbocycles. The lowest BCUT2D eigenvalue weighted by molar-refractivity contribution is -0.384. The molecule has 0 spiro atoms. The molecule has 2 unspecified atom stereocenters. The molecule has 30 heavy (non-hydrogen) atoms. The predicted octanol–water partition coefficient (Wildman–Crippen LogP) is 0.486. The molecule has 2 rings (SSSR count). The zero-order chi connectivity index (χ0) is 22.4. The van der Waals surface area contributed by atoms with Gasteiger partial charge in [-0.25, -0.2) is 0 Å². The molecule has 1 heterocycles. The van der Waals surface area contributed by atoms with Crippen molar-refractivity contribution in [3.63, 3.8) is 0 Å². The van der Waals surface area contributed by atoms with Crippen LogP contribution < -0.4 is 4.74 Å². The van der Waals surface area contributed by atoms with E-state index in [0.29, 0.717) is 0 Å². The molecule has 5 atom stereocenters. The number of carbonyl (C=O) groups is 3. The third-order valence-electron chi connectivity index (χ3n) is 3.98. The van der Waals surface area contributed by atoms with E-state index in [4.69, 9.17) is 23.7 Å². The number of hydrogen-bond acceptors (Lipinski definition) is 11. The number of nitrogens with zero attached hydrogens (tertiary/aromatic N) is 1. The van der Waals surface area contributed by atoms with E-state index in [2.05, 4.69) is 0 Å². The second-order valence-corrected chi connectivity index (χ2v) is 6.32. The highest BCUT2D eigenvalue weighted by molar-refractivity contribution is 5.68. The molecule has 0 bridgehead atoms. The van der Waals surface area contributed by atoms with Gasteiger partial charge < -0.3 is 28.8 Å². The number of benzene rings is 1. The molecule has 1 aromatic rings. The highest BCUT2D eigenvalue weighted by atomic mass is 16.7. The molecule has 1 aliphatic rings. The van der Waals surface area contributed by atoms with Crippen molar-refractivity contribution in [2.75, 3.05) is 6.61 Å². The normalized spacial score (nSPS) is 25.7. The summed E-state index contributed by atoms with van der Waals surface area (Å²) in [5, 5.41) is 20.5. The van der Waals surface area contributed by atoms with E-state index in [0.717, 1.165) is 20.8 Å². The van der Waals surface area contributed by atoms with Crippen LogP contribution in [0.3, 0.4) is 0 Å². The van der Waals surface area contributed by atoms with Gasteiger partial charge >= 0.3 is 17.9 Å². The first-order valence-electron chi connectivity index (χ1n) is 8.81. The summed E-state index contributed by atoms with van der Waals surface area (Å²) in [5.74, 6) is -2.15. The van der Waals surface area contributed by atoms with E-state index < -0.39 is 60.1 Å². The summed E-state index contributed by atoms with van der Waals surface area (Å²) >= 11 is 0. The fourth-order valence-corrected chi connectivity index (χ4v) is 2.88. The molecule has 0 amide bonds. The van der Waals surface area contributed by atoms with Gasteiger partial charge in [0.15, 0.2) is 12.2 Å². The third-order valence-corrected chi connectivity index (χ3v) is 3.98. The summed E-state index contributed by atoms with van der Waals surface area (Å²) in [6.45, 7) is 2.68. The van der Waals surface area contributed by atoms with Gasteiger partial charge in [-0.05, 0) is 12.1 Å². The minimum absolute atomic E-state index is 0.118. The predicted molar refractivity (Wildman–Crippen MR) is 96.1 cm³/mol. The lowest BCUT2D eigenvalue weighted by Gasteiger charge is -2.43. The largest absolute Gasteiger partial charge is 0.461 e. The van der Waals surface area contributed by atoms with E-state index in [1.807, 2.05) is 0 Å². The number of ether oxygens (including phenoxy) is 5.